The van der Waals surface area contributed by atoms with Crippen LogP contribution < -0.4 is 10.4 Å². The summed E-state index contributed by atoms with van der Waals surface area (Å²) in [5.41, 5.74) is 8.37. The second kappa shape index (κ2) is 14.6. The molecule has 0 saturated heterocycles. The minimum absolute atomic E-state index is 0.149. The van der Waals surface area contributed by atoms with Gasteiger partial charge >= 0.3 is 0 Å². The van der Waals surface area contributed by atoms with Gasteiger partial charge in [-0.15, -0.1) is 6.58 Å². The molecule has 0 amide bonds. The number of benzene rings is 2. The van der Waals surface area contributed by atoms with Crippen LogP contribution in [0.25, 0.3) is 0 Å². The Bertz CT molecular complexity index is 1930. The van der Waals surface area contributed by atoms with Gasteiger partial charge in [-0.2, -0.15) is 0 Å². The summed E-state index contributed by atoms with van der Waals surface area (Å²) in [5.74, 6) is 3.18. The first-order valence-corrected chi connectivity index (χ1v) is 24.7. The number of rotatable bonds is 9. The van der Waals surface area contributed by atoms with Crippen molar-refractivity contribution in [2.45, 2.75) is 125 Å². The maximum absolute atomic E-state index is 4.12. The Kier molecular flexibility index (Phi) is 10.3. The largest absolute Gasteiger partial charge is 0.128 e. The van der Waals surface area contributed by atoms with Crippen LogP contribution in [0.4, 0.5) is 0 Å². The van der Waals surface area contributed by atoms with Crippen LogP contribution >= 0.6 is 0 Å². The number of hydrogen-bond acceptors (Lipinski definition) is 0. The zero-order chi connectivity index (χ0) is 39.7. The van der Waals surface area contributed by atoms with Gasteiger partial charge in [-0.3, -0.25) is 0 Å². The summed E-state index contributed by atoms with van der Waals surface area (Å²) in [7, 11) is -2.66. The van der Waals surface area contributed by atoms with Gasteiger partial charge in [0, 0.05) is 0 Å². The zero-order valence-corrected chi connectivity index (χ0v) is 37.5. The van der Waals surface area contributed by atoms with Gasteiger partial charge in [-0.1, -0.05) is 188 Å². The Balaban J connectivity index is 1.42. The number of hydrogen-bond donors (Lipinski definition) is 0. The molecular weight excluding hydrogens is 689 g/mol. The van der Waals surface area contributed by atoms with Crippen molar-refractivity contribution in [2.24, 2.45) is 57.2 Å². The molecule has 0 N–H and O–H groups in total. The highest BCUT2D eigenvalue weighted by atomic mass is 28.3. The van der Waals surface area contributed by atoms with E-state index in [0.717, 1.165) is 6.42 Å². The van der Waals surface area contributed by atoms with E-state index in [1.807, 2.05) is 0 Å². The molecule has 0 heterocycles. The molecule has 2 aromatic rings. The SMILES string of the molecule is C=CCCCC1CC([Si](c2ccccc2)(c2ccccc2)C2C=C3C(=CC2C2C=C4C(=CC2C)C(C)(C)CCC4(C)C)C(C)(C)CCC3(C)C)C2C=CC=CC12. The Labute approximate surface area is 343 Å². The Morgan fingerprint density at radius 2 is 1.05 bits per heavy atom. The van der Waals surface area contributed by atoms with E-state index in [0.29, 0.717) is 46.6 Å². The molecule has 3 fully saturated rings. The summed E-state index contributed by atoms with van der Waals surface area (Å²) in [6.07, 6.45) is 33.8. The summed E-state index contributed by atoms with van der Waals surface area (Å²) in [5, 5.41) is 3.29. The Hall–Kier alpha value is -3.16. The van der Waals surface area contributed by atoms with Crippen molar-refractivity contribution in [3.63, 3.8) is 0 Å². The van der Waals surface area contributed by atoms with Crippen LogP contribution in [0.2, 0.25) is 11.1 Å². The highest BCUT2D eigenvalue weighted by Crippen LogP contribution is 2.64. The van der Waals surface area contributed by atoms with Gasteiger partial charge in [0.25, 0.3) is 0 Å². The first-order chi connectivity index (χ1) is 26.6. The van der Waals surface area contributed by atoms with E-state index >= 15 is 0 Å². The van der Waals surface area contributed by atoms with Gasteiger partial charge in [0.1, 0.15) is 8.07 Å². The summed E-state index contributed by atoms with van der Waals surface area (Å²) in [6.45, 7) is 27.0. The number of allylic oxidation sites excluding steroid dienone is 13. The third kappa shape index (κ3) is 6.55. The highest BCUT2D eigenvalue weighted by Gasteiger charge is 2.61. The Morgan fingerprint density at radius 3 is 1.57 bits per heavy atom. The predicted octanol–water partition coefficient (Wildman–Crippen LogP) is 14.0. The van der Waals surface area contributed by atoms with Crippen LogP contribution in [-0.2, 0) is 0 Å². The fraction of sp³-hybridized carbons (Fsp3) is 0.527. The van der Waals surface area contributed by atoms with E-state index in [1.54, 1.807) is 32.7 Å². The lowest BCUT2D eigenvalue weighted by atomic mass is 9.55. The van der Waals surface area contributed by atoms with E-state index in [-0.39, 0.29) is 21.7 Å². The molecule has 0 aromatic heterocycles. The minimum Gasteiger partial charge on any atom is -0.103 e. The summed E-state index contributed by atoms with van der Waals surface area (Å²) in [4.78, 5) is 0. The van der Waals surface area contributed by atoms with Gasteiger partial charge < -0.3 is 0 Å². The van der Waals surface area contributed by atoms with E-state index in [4.69, 9.17) is 0 Å². The Morgan fingerprint density at radius 1 is 0.589 bits per heavy atom. The molecule has 8 unspecified atom stereocenters. The predicted molar refractivity (Wildman–Crippen MR) is 245 cm³/mol. The second-order valence-corrected chi connectivity index (χ2v) is 26.0. The van der Waals surface area contributed by atoms with Gasteiger partial charge in [0.05, 0.1) is 0 Å². The van der Waals surface area contributed by atoms with E-state index in [2.05, 4.69) is 184 Å². The summed E-state index contributed by atoms with van der Waals surface area (Å²) in [6, 6.07) is 24.4. The van der Waals surface area contributed by atoms with Gasteiger partial charge in [-0.05, 0) is 142 Å². The third-order valence-electron chi connectivity index (χ3n) is 16.6. The lowest BCUT2D eigenvalue weighted by Crippen LogP contribution is -2.67. The molecule has 6 aliphatic rings. The minimum atomic E-state index is -2.66. The maximum atomic E-state index is 4.12. The molecule has 0 spiro atoms. The highest BCUT2D eigenvalue weighted by molar-refractivity contribution is 7.04. The molecular formula is C55H72Si. The van der Waals surface area contributed by atoms with Crippen LogP contribution in [0.1, 0.15) is 114 Å². The monoisotopic (exact) mass is 761 g/mol. The van der Waals surface area contributed by atoms with Crippen LogP contribution in [0, 0.1) is 57.2 Å². The van der Waals surface area contributed by atoms with Crippen molar-refractivity contribution in [2.75, 3.05) is 0 Å². The van der Waals surface area contributed by atoms with E-state index < -0.39 is 8.07 Å². The van der Waals surface area contributed by atoms with Gasteiger partial charge in [0.2, 0.25) is 0 Å². The smallest absolute Gasteiger partial charge is 0.103 e. The second-order valence-electron chi connectivity index (χ2n) is 21.7. The molecule has 8 atom stereocenters. The zero-order valence-electron chi connectivity index (χ0n) is 36.5. The first-order valence-electron chi connectivity index (χ1n) is 22.6. The average Bonchev–Trinajstić information content (AvgIpc) is 3.55. The van der Waals surface area contributed by atoms with Crippen molar-refractivity contribution < 1.29 is 0 Å². The third-order valence-corrected chi connectivity index (χ3v) is 22.6. The molecule has 0 bridgehead atoms. The molecule has 8 rings (SSSR count). The normalized spacial score (nSPS) is 33.5. The molecule has 0 nitrogen and oxygen atoms in total. The molecule has 2 aromatic carbocycles. The summed E-state index contributed by atoms with van der Waals surface area (Å²) >= 11 is 0. The van der Waals surface area contributed by atoms with E-state index in [9.17, 15) is 0 Å². The topological polar surface area (TPSA) is 0 Å². The molecule has 6 aliphatic carbocycles. The number of fused-ring (bicyclic) bond motifs is 3. The lowest BCUT2D eigenvalue weighted by molar-refractivity contribution is 0.236. The molecule has 56 heavy (non-hydrogen) atoms. The van der Waals surface area contributed by atoms with Crippen LogP contribution in [-0.4, -0.2) is 8.07 Å². The van der Waals surface area contributed by atoms with Crippen molar-refractivity contribution in [3.05, 3.63) is 144 Å². The molecule has 3 saturated carbocycles. The molecule has 296 valence electrons. The van der Waals surface area contributed by atoms with Crippen LogP contribution in [0.3, 0.4) is 0 Å². The summed E-state index contributed by atoms with van der Waals surface area (Å²) < 4.78 is 0. The van der Waals surface area contributed by atoms with Gasteiger partial charge in [0.15, 0.2) is 0 Å². The van der Waals surface area contributed by atoms with Crippen molar-refractivity contribution in [1.29, 1.82) is 0 Å². The van der Waals surface area contributed by atoms with E-state index in [1.165, 1.54) is 44.9 Å². The van der Waals surface area contributed by atoms with Crippen molar-refractivity contribution >= 4 is 18.4 Å². The molecule has 1 heteroatoms. The fourth-order valence-electron chi connectivity index (χ4n) is 13.2. The standard InChI is InChI=1S/C55H72Si/c1-11-12-15-22-39-34-50(43-28-21-20-27-42(39)43)56(40-23-16-13-17-24-40,41-25-18-14-19-26-41)51-37-49-48(54(7,8)31-32-55(49,9)10)36-45(51)44-35-47-46(33-38(44)2)52(3,4)29-30-53(47,5)6/h11,13-14,16-21,23-28,33,35-39,42-45,50-51H,1,12,15,22,29-32,34H2,2-10H3. The molecule has 0 aliphatic heterocycles. The van der Waals surface area contributed by atoms with Gasteiger partial charge in [-0.25, -0.2) is 0 Å². The van der Waals surface area contributed by atoms with Crippen molar-refractivity contribution in [3.8, 4) is 0 Å². The molecule has 0 radical (unpaired) electrons. The maximum Gasteiger partial charge on any atom is 0.128 e. The quantitative estimate of drug-likeness (QED) is 0.136. The average molecular weight is 761 g/mol. The van der Waals surface area contributed by atoms with Crippen molar-refractivity contribution in [1.82, 2.24) is 0 Å². The van der Waals surface area contributed by atoms with Crippen LogP contribution in [0.5, 0.6) is 0 Å². The fourth-order valence-corrected chi connectivity index (χ4v) is 20.1. The number of unbranched alkanes of at least 4 members (excludes halogenated alkanes) is 1. The lowest BCUT2D eigenvalue weighted by Gasteiger charge is -2.55. The first kappa shape index (κ1) is 39.7. The van der Waals surface area contributed by atoms with Crippen LogP contribution in [0.15, 0.2) is 144 Å².